The van der Waals surface area contributed by atoms with E-state index in [-0.39, 0.29) is 12.7 Å². The van der Waals surface area contributed by atoms with E-state index in [0.29, 0.717) is 45.1 Å². The smallest absolute Gasteiger partial charge is 0.341 e. The summed E-state index contributed by atoms with van der Waals surface area (Å²) in [5, 5.41) is 1.12. The van der Waals surface area contributed by atoms with Gasteiger partial charge in [-0.1, -0.05) is 59.6 Å². The van der Waals surface area contributed by atoms with Crippen LogP contribution in [0.3, 0.4) is 0 Å². The number of carbonyl (C=O) groups is 1. The summed E-state index contributed by atoms with van der Waals surface area (Å²) in [6.07, 6.45) is -0.136. The van der Waals surface area contributed by atoms with Crippen LogP contribution in [0, 0.1) is 0 Å². The first kappa shape index (κ1) is 32.2. The molecule has 5 rings (SSSR count). The lowest BCUT2D eigenvalue weighted by atomic mass is 9.79. The lowest BCUT2D eigenvalue weighted by molar-refractivity contribution is -0.151. The fourth-order valence-electron chi connectivity index (χ4n) is 5.66. The largest absolute Gasteiger partial charge is 0.497 e. The summed E-state index contributed by atoms with van der Waals surface area (Å²) in [6.45, 7) is 6.26. The standard InChI is InChI=1S/C36H36Cl2N2O5/c1-6-44-35(41)36(26-12-16-28(38)17-13-26)33(25-10-14-27(37)15-11-25)40(22-24-8-7-9-29(20-24)42-4)34(39-36)31-19-18-30(43-5)21-32(31)45-23(2)3/h7-21,23,33H,6,22H2,1-5H3/t33-,36+/m0/s1. The van der Waals surface area contributed by atoms with Crippen molar-refractivity contribution in [1.82, 2.24) is 4.90 Å². The van der Waals surface area contributed by atoms with E-state index in [1.807, 2.05) is 92.7 Å². The molecule has 9 heteroatoms. The Kier molecular flexibility index (Phi) is 9.90. The summed E-state index contributed by atoms with van der Waals surface area (Å²) < 4.78 is 23.3. The van der Waals surface area contributed by atoms with Crippen molar-refractivity contribution in [3.05, 3.63) is 123 Å². The molecule has 1 aliphatic rings. The van der Waals surface area contributed by atoms with Crippen LogP contribution < -0.4 is 14.2 Å². The molecule has 234 valence electrons. The summed E-state index contributed by atoms with van der Waals surface area (Å²) in [4.78, 5) is 22.0. The first-order chi connectivity index (χ1) is 21.7. The van der Waals surface area contributed by atoms with Crippen molar-refractivity contribution in [3.8, 4) is 17.2 Å². The van der Waals surface area contributed by atoms with Crippen molar-refractivity contribution in [2.75, 3.05) is 20.8 Å². The second-order valence-electron chi connectivity index (χ2n) is 10.9. The van der Waals surface area contributed by atoms with E-state index in [0.717, 1.165) is 16.9 Å². The molecule has 0 spiro atoms. The van der Waals surface area contributed by atoms with Crippen molar-refractivity contribution >= 4 is 35.0 Å². The fraction of sp³-hybridized carbons (Fsp3) is 0.278. The van der Waals surface area contributed by atoms with E-state index >= 15 is 0 Å². The highest BCUT2D eigenvalue weighted by atomic mass is 35.5. The molecule has 2 atom stereocenters. The topological polar surface area (TPSA) is 69.6 Å². The molecule has 0 bridgehead atoms. The number of esters is 1. The Morgan fingerprint density at radius 3 is 2.16 bits per heavy atom. The third-order valence-electron chi connectivity index (χ3n) is 7.60. The Bertz CT molecular complexity index is 1670. The number of benzene rings is 4. The molecule has 0 fully saturated rings. The van der Waals surface area contributed by atoms with Gasteiger partial charge in [-0.05, 0) is 86.0 Å². The Morgan fingerprint density at radius 2 is 1.53 bits per heavy atom. The summed E-state index contributed by atoms with van der Waals surface area (Å²) in [5.74, 6) is 1.99. The molecule has 1 aliphatic heterocycles. The number of amidine groups is 1. The molecule has 0 unspecified atom stereocenters. The van der Waals surface area contributed by atoms with Gasteiger partial charge in [0.2, 0.25) is 5.54 Å². The molecule has 45 heavy (non-hydrogen) atoms. The Morgan fingerprint density at radius 1 is 0.889 bits per heavy atom. The number of rotatable bonds is 11. The lowest BCUT2D eigenvalue weighted by Crippen LogP contribution is -2.44. The molecular formula is C36H36Cl2N2O5. The number of hydrogen-bond acceptors (Lipinski definition) is 7. The van der Waals surface area contributed by atoms with Gasteiger partial charge in [0.25, 0.3) is 0 Å². The van der Waals surface area contributed by atoms with Gasteiger partial charge in [0.05, 0.1) is 38.5 Å². The highest BCUT2D eigenvalue weighted by Crippen LogP contribution is 2.51. The van der Waals surface area contributed by atoms with E-state index in [1.54, 1.807) is 33.3 Å². The van der Waals surface area contributed by atoms with Crippen molar-refractivity contribution in [1.29, 1.82) is 0 Å². The predicted octanol–water partition coefficient (Wildman–Crippen LogP) is 8.26. The van der Waals surface area contributed by atoms with E-state index in [2.05, 4.69) is 4.90 Å². The molecule has 1 heterocycles. The highest BCUT2D eigenvalue weighted by molar-refractivity contribution is 6.30. The van der Waals surface area contributed by atoms with Gasteiger partial charge in [-0.25, -0.2) is 9.79 Å². The monoisotopic (exact) mass is 646 g/mol. The SMILES string of the molecule is CCOC(=O)[C@]1(c2ccc(Cl)cc2)N=C(c2ccc(OC)cc2OC(C)C)N(Cc2cccc(OC)c2)[C@H]1c1ccc(Cl)cc1. The van der Waals surface area contributed by atoms with Gasteiger partial charge in [-0.15, -0.1) is 0 Å². The number of hydrogen-bond donors (Lipinski definition) is 0. The lowest BCUT2D eigenvalue weighted by Gasteiger charge is -2.37. The zero-order valence-corrected chi connectivity index (χ0v) is 27.4. The van der Waals surface area contributed by atoms with E-state index < -0.39 is 17.6 Å². The molecule has 4 aromatic rings. The van der Waals surface area contributed by atoms with Crippen molar-refractivity contribution < 1.29 is 23.7 Å². The second-order valence-corrected chi connectivity index (χ2v) is 11.8. The summed E-state index contributed by atoms with van der Waals surface area (Å²) >= 11 is 12.7. The van der Waals surface area contributed by atoms with Gasteiger partial charge in [-0.2, -0.15) is 0 Å². The van der Waals surface area contributed by atoms with E-state index in [9.17, 15) is 4.79 Å². The maximum atomic E-state index is 14.5. The van der Waals surface area contributed by atoms with Crippen molar-refractivity contribution in [2.24, 2.45) is 4.99 Å². The zero-order valence-electron chi connectivity index (χ0n) is 25.9. The Labute approximate surface area is 274 Å². The van der Waals surface area contributed by atoms with Gasteiger partial charge in [0, 0.05) is 22.7 Å². The number of aliphatic imine (C=N–C) groups is 1. The summed E-state index contributed by atoms with van der Waals surface area (Å²) in [7, 11) is 3.25. The third-order valence-corrected chi connectivity index (χ3v) is 8.10. The molecular weight excluding hydrogens is 611 g/mol. The van der Waals surface area contributed by atoms with Gasteiger partial charge in [0.15, 0.2) is 0 Å². The minimum Gasteiger partial charge on any atom is -0.497 e. The number of carbonyl (C=O) groups excluding carboxylic acids is 1. The van der Waals surface area contributed by atoms with E-state index in [4.69, 9.17) is 47.1 Å². The van der Waals surface area contributed by atoms with Crippen LogP contribution in [0.2, 0.25) is 10.0 Å². The van der Waals surface area contributed by atoms with Crippen molar-refractivity contribution in [2.45, 2.75) is 45.0 Å². The minimum absolute atomic E-state index is 0.136. The Hall–Kier alpha value is -4.20. The van der Waals surface area contributed by atoms with Gasteiger partial charge < -0.3 is 23.8 Å². The van der Waals surface area contributed by atoms with Crippen molar-refractivity contribution in [3.63, 3.8) is 0 Å². The second kappa shape index (κ2) is 13.8. The maximum absolute atomic E-state index is 14.5. The number of ether oxygens (including phenoxy) is 4. The van der Waals surface area contributed by atoms with Crippen LogP contribution in [0.5, 0.6) is 17.2 Å². The van der Waals surface area contributed by atoms with Gasteiger partial charge in [-0.3, -0.25) is 0 Å². The first-order valence-corrected chi connectivity index (χ1v) is 15.5. The predicted molar refractivity (Wildman–Crippen MR) is 178 cm³/mol. The molecule has 4 aromatic carbocycles. The van der Waals surface area contributed by atoms with Crippen LogP contribution in [-0.2, 0) is 21.6 Å². The molecule has 0 saturated heterocycles. The van der Waals surface area contributed by atoms with Gasteiger partial charge in [0.1, 0.15) is 23.1 Å². The summed E-state index contributed by atoms with van der Waals surface area (Å²) in [5.41, 5.74) is 1.60. The van der Waals surface area contributed by atoms with E-state index in [1.165, 1.54) is 0 Å². The number of halogens is 2. The van der Waals surface area contributed by atoms with Crippen LogP contribution >= 0.6 is 23.2 Å². The van der Waals surface area contributed by atoms with Crippen LogP contribution in [0.25, 0.3) is 0 Å². The van der Waals surface area contributed by atoms with Crippen LogP contribution in [-0.4, -0.2) is 43.6 Å². The van der Waals surface area contributed by atoms with Gasteiger partial charge >= 0.3 is 5.97 Å². The normalized spacial score (nSPS) is 17.6. The molecule has 0 N–H and O–H groups in total. The summed E-state index contributed by atoms with van der Waals surface area (Å²) in [6, 6.07) is 27.5. The molecule has 0 saturated carbocycles. The maximum Gasteiger partial charge on any atom is 0.341 e. The Balaban J connectivity index is 1.85. The first-order valence-electron chi connectivity index (χ1n) is 14.7. The molecule has 0 aromatic heterocycles. The average Bonchev–Trinajstić information content (AvgIpc) is 3.37. The number of methoxy groups -OCH3 is 2. The number of nitrogens with zero attached hydrogens (tertiary/aromatic N) is 2. The zero-order chi connectivity index (χ0) is 32.1. The molecule has 7 nitrogen and oxygen atoms in total. The molecule has 0 radical (unpaired) electrons. The third kappa shape index (κ3) is 6.60. The highest BCUT2D eigenvalue weighted by Gasteiger charge is 2.57. The molecule has 0 amide bonds. The van der Waals surface area contributed by atoms with Crippen LogP contribution in [0.15, 0.2) is 96.0 Å². The fourth-order valence-corrected chi connectivity index (χ4v) is 5.92. The van der Waals surface area contributed by atoms with Crippen LogP contribution in [0.4, 0.5) is 0 Å². The van der Waals surface area contributed by atoms with Crippen LogP contribution in [0.1, 0.15) is 49.1 Å². The minimum atomic E-state index is -1.52. The molecule has 0 aliphatic carbocycles. The average molecular weight is 648 g/mol. The quantitative estimate of drug-likeness (QED) is 0.153.